The predicted molar refractivity (Wildman–Crippen MR) is 112 cm³/mol. The standard InChI is InChI=1S/C22H45Br/c1-5-7-8-9-10-11-12-13-14-15-16-17-18-19-20-21(3)22(4,23)6-2/h21H,5-20H2,1-4H3. The SMILES string of the molecule is CCCCCCCCCCCCCCCCC(C)C(C)(Br)CC. The zero-order valence-corrected chi connectivity index (χ0v) is 18.4. The van der Waals surface area contributed by atoms with Crippen LogP contribution in [0.25, 0.3) is 0 Å². The molecule has 0 spiro atoms. The quantitative estimate of drug-likeness (QED) is 0.172. The van der Waals surface area contributed by atoms with Crippen LogP contribution in [0.15, 0.2) is 0 Å². The molecule has 140 valence electrons. The molecule has 23 heavy (non-hydrogen) atoms. The van der Waals surface area contributed by atoms with Gasteiger partial charge in [-0.15, -0.1) is 0 Å². The highest BCUT2D eigenvalue weighted by atomic mass is 79.9. The van der Waals surface area contributed by atoms with Crippen LogP contribution < -0.4 is 0 Å². The van der Waals surface area contributed by atoms with Crippen molar-refractivity contribution in [1.82, 2.24) is 0 Å². The topological polar surface area (TPSA) is 0 Å². The number of rotatable bonds is 17. The van der Waals surface area contributed by atoms with E-state index < -0.39 is 0 Å². The van der Waals surface area contributed by atoms with E-state index in [2.05, 4.69) is 43.6 Å². The summed E-state index contributed by atoms with van der Waals surface area (Å²) >= 11 is 3.89. The summed E-state index contributed by atoms with van der Waals surface area (Å²) in [5.74, 6) is 0.796. The minimum atomic E-state index is 0.351. The van der Waals surface area contributed by atoms with Crippen molar-refractivity contribution >= 4 is 15.9 Å². The van der Waals surface area contributed by atoms with Crippen molar-refractivity contribution in [2.24, 2.45) is 5.92 Å². The summed E-state index contributed by atoms with van der Waals surface area (Å²) in [6.45, 7) is 9.34. The van der Waals surface area contributed by atoms with E-state index in [0.717, 1.165) is 5.92 Å². The third-order valence-corrected chi connectivity index (χ3v) is 7.05. The molecule has 0 aromatic rings. The molecule has 0 aliphatic heterocycles. The van der Waals surface area contributed by atoms with Gasteiger partial charge in [0.15, 0.2) is 0 Å². The van der Waals surface area contributed by atoms with E-state index in [1.807, 2.05) is 0 Å². The molecule has 0 nitrogen and oxygen atoms in total. The summed E-state index contributed by atoms with van der Waals surface area (Å²) in [6, 6.07) is 0. The third-order valence-electron chi connectivity index (χ3n) is 5.71. The maximum atomic E-state index is 3.89. The van der Waals surface area contributed by atoms with Gasteiger partial charge >= 0.3 is 0 Å². The molecular weight excluding hydrogens is 344 g/mol. The van der Waals surface area contributed by atoms with Gasteiger partial charge in [0.1, 0.15) is 0 Å². The van der Waals surface area contributed by atoms with Gasteiger partial charge in [-0.1, -0.05) is 127 Å². The van der Waals surface area contributed by atoms with Crippen LogP contribution in [-0.4, -0.2) is 4.32 Å². The minimum absolute atomic E-state index is 0.351. The Labute approximate surface area is 156 Å². The first-order chi connectivity index (χ1) is 11.0. The molecule has 1 heteroatoms. The minimum Gasteiger partial charge on any atom is -0.0854 e. The normalized spacial score (nSPS) is 15.5. The molecule has 0 heterocycles. The molecule has 0 N–H and O–H groups in total. The van der Waals surface area contributed by atoms with Gasteiger partial charge < -0.3 is 0 Å². The summed E-state index contributed by atoms with van der Waals surface area (Å²) in [6.07, 6.45) is 23.0. The lowest BCUT2D eigenvalue weighted by Crippen LogP contribution is -2.24. The predicted octanol–water partition coefficient (Wildman–Crippen LogP) is 9.06. The average molecular weight is 390 g/mol. The number of unbranched alkanes of at least 4 members (excludes halogenated alkanes) is 13. The largest absolute Gasteiger partial charge is 0.0854 e. The fourth-order valence-electron chi connectivity index (χ4n) is 3.29. The molecule has 0 saturated carbocycles. The molecule has 0 aromatic carbocycles. The van der Waals surface area contributed by atoms with Gasteiger partial charge in [0.2, 0.25) is 0 Å². The van der Waals surface area contributed by atoms with Crippen molar-refractivity contribution in [2.75, 3.05) is 0 Å². The van der Waals surface area contributed by atoms with Crippen molar-refractivity contribution in [1.29, 1.82) is 0 Å². The van der Waals surface area contributed by atoms with Gasteiger partial charge in [0.25, 0.3) is 0 Å². The van der Waals surface area contributed by atoms with Crippen LogP contribution in [0.1, 0.15) is 130 Å². The lowest BCUT2D eigenvalue weighted by Gasteiger charge is -2.28. The number of alkyl halides is 1. The van der Waals surface area contributed by atoms with Gasteiger partial charge in [-0.05, 0) is 25.7 Å². The molecule has 0 radical (unpaired) electrons. The van der Waals surface area contributed by atoms with E-state index in [1.165, 1.54) is 103 Å². The van der Waals surface area contributed by atoms with E-state index in [0.29, 0.717) is 4.32 Å². The second-order valence-electron chi connectivity index (χ2n) is 7.92. The van der Waals surface area contributed by atoms with Crippen LogP contribution >= 0.6 is 15.9 Å². The molecule has 2 atom stereocenters. The van der Waals surface area contributed by atoms with E-state index in [1.54, 1.807) is 0 Å². The second kappa shape index (κ2) is 16.0. The van der Waals surface area contributed by atoms with Gasteiger partial charge in [-0.2, -0.15) is 0 Å². The highest BCUT2D eigenvalue weighted by molar-refractivity contribution is 9.10. The number of halogens is 1. The maximum Gasteiger partial charge on any atom is 0.0252 e. The van der Waals surface area contributed by atoms with Crippen molar-refractivity contribution in [3.8, 4) is 0 Å². The molecule has 0 aliphatic carbocycles. The maximum absolute atomic E-state index is 3.89. The first-order valence-corrected chi connectivity index (χ1v) is 11.5. The Morgan fingerprint density at radius 3 is 1.35 bits per heavy atom. The van der Waals surface area contributed by atoms with Crippen LogP contribution in [-0.2, 0) is 0 Å². The van der Waals surface area contributed by atoms with Gasteiger partial charge in [-0.25, -0.2) is 0 Å². The first-order valence-electron chi connectivity index (χ1n) is 10.7. The molecule has 0 aromatic heterocycles. The Hall–Kier alpha value is 0.480. The summed E-state index contributed by atoms with van der Waals surface area (Å²) in [7, 11) is 0. The Morgan fingerprint density at radius 2 is 1.00 bits per heavy atom. The van der Waals surface area contributed by atoms with Crippen LogP contribution in [0.5, 0.6) is 0 Å². The fourth-order valence-corrected chi connectivity index (χ4v) is 3.52. The van der Waals surface area contributed by atoms with Crippen LogP contribution in [0, 0.1) is 5.92 Å². The fraction of sp³-hybridized carbons (Fsp3) is 1.00. The summed E-state index contributed by atoms with van der Waals surface area (Å²) in [4.78, 5) is 0. The van der Waals surface area contributed by atoms with E-state index in [9.17, 15) is 0 Å². The van der Waals surface area contributed by atoms with Gasteiger partial charge in [0, 0.05) is 4.32 Å². The molecule has 0 saturated heterocycles. The Balaban J connectivity index is 3.19. The number of hydrogen-bond acceptors (Lipinski definition) is 0. The molecule has 0 fully saturated rings. The van der Waals surface area contributed by atoms with E-state index in [4.69, 9.17) is 0 Å². The van der Waals surface area contributed by atoms with E-state index in [-0.39, 0.29) is 0 Å². The highest BCUT2D eigenvalue weighted by Crippen LogP contribution is 2.34. The molecule has 0 bridgehead atoms. The van der Waals surface area contributed by atoms with Crippen LogP contribution in [0.2, 0.25) is 0 Å². The average Bonchev–Trinajstić information content (AvgIpc) is 2.54. The zero-order valence-electron chi connectivity index (χ0n) is 16.8. The third kappa shape index (κ3) is 14.5. The van der Waals surface area contributed by atoms with Crippen LogP contribution in [0.3, 0.4) is 0 Å². The smallest absolute Gasteiger partial charge is 0.0252 e. The molecule has 0 rings (SSSR count). The van der Waals surface area contributed by atoms with Crippen molar-refractivity contribution in [2.45, 2.75) is 135 Å². The lowest BCUT2D eigenvalue weighted by molar-refractivity contribution is 0.385. The summed E-state index contributed by atoms with van der Waals surface area (Å²) < 4.78 is 0.351. The monoisotopic (exact) mass is 388 g/mol. The van der Waals surface area contributed by atoms with E-state index >= 15 is 0 Å². The number of hydrogen-bond donors (Lipinski definition) is 0. The Morgan fingerprint density at radius 1 is 0.652 bits per heavy atom. The molecular formula is C22H45Br. The summed E-state index contributed by atoms with van der Waals surface area (Å²) in [5, 5.41) is 0. The second-order valence-corrected chi connectivity index (χ2v) is 9.73. The lowest BCUT2D eigenvalue weighted by atomic mass is 9.88. The van der Waals surface area contributed by atoms with Crippen molar-refractivity contribution in [3.05, 3.63) is 0 Å². The van der Waals surface area contributed by atoms with Crippen molar-refractivity contribution in [3.63, 3.8) is 0 Å². The van der Waals surface area contributed by atoms with Crippen LogP contribution in [0.4, 0.5) is 0 Å². The Kier molecular flexibility index (Phi) is 16.3. The van der Waals surface area contributed by atoms with Gasteiger partial charge in [0.05, 0.1) is 0 Å². The molecule has 2 unspecified atom stereocenters. The molecule has 0 amide bonds. The first kappa shape index (κ1) is 23.5. The molecule has 0 aliphatic rings. The summed E-state index contributed by atoms with van der Waals surface area (Å²) in [5.41, 5.74) is 0. The zero-order chi connectivity index (χ0) is 17.4. The Bertz CT molecular complexity index is 234. The highest BCUT2D eigenvalue weighted by Gasteiger charge is 2.24. The van der Waals surface area contributed by atoms with Gasteiger partial charge in [-0.3, -0.25) is 0 Å². The van der Waals surface area contributed by atoms with Crippen molar-refractivity contribution < 1.29 is 0 Å².